The summed E-state index contributed by atoms with van der Waals surface area (Å²) in [5, 5.41) is 3.17. The lowest BCUT2D eigenvalue weighted by atomic mass is 10.1. The normalized spacial score (nSPS) is 18.2. The first-order valence-electron chi connectivity index (χ1n) is 7.48. The molecule has 1 saturated heterocycles. The smallest absolute Gasteiger partial charge is 0.165 e. The summed E-state index contributed by atoms with van der Waals surface area (Å²) in [4.78, 5) is 0. The zero-order chi connectivity index (χ0) is 14.2. The van der Waals surface area contributed by atoms with Crippen LogP contribution in [0.25, 0.3) is 0 Å². The average molecular weight is 279 g/mol. The summed E-state index contributed by atoms with van der Waals surface area (Å²) in [6, 6.07) is 6.04. The van der Waals surface area contributed by atoms with Crippen molar-refractivity contribution in [3.05, 3.63) is 23.8 Å². The molecule has 1 aliphatic heterocycles. The SMILES string of the molecule is CCOc1cccc(CNC)c1OCCC1CCCO1. The molecule has 4 heteroatoms. The molecule has 2 rings (SSSR count). The Morgan fingerprint density at radius 3 is 2.95 bits per heavy atom. The van der Waals surface area contributed by atoms with Gasteiger partial charge >= 0.3 is 0 Å². The van der Waals surface area contributed by atoms with Crippen molar-refractivity contribution < 1.29 is 14.2 Å². The predicted octanol–water partition coefficient (Wildman–Crippen LogP) is 2.75. The molecule has 0 aromatic heterocycles. The Kier molecular flexibility index (Phi) is 6.15. The molecule has 4 nitrogen and oxygen atoms in total. The van der Waals surface area contributed by atoms with Gasteiger partial charge in [-0.05, 0) is 32.9 Å². The monoisotopic (exact) mass is 279 g/mol. The molecule has 0 amide bonds. The molecule has 0 bridgehead atoms. The van der Waals surface area contributed by atoms with Crippen LogP contribution >= 0.6 is 0 Å². The summed E-state index contributed by atoms with van der Waals surface area (Å²) in [5.74, 6) is 1.69. The van der Waals surface area contributed by atoms with Crippen LogP contribution in [-0.4, -0.2) is 33.0 Å². The van der Waals surface area contributed by atoms with Gasteiger partial charge in [0, 0.05) is 25.1 Å². The van der Waals surface area contributed by atoms with Crippen LogP contribution in [0.2, 0.25) is 0 Å². The summed E-state index contributed by atoms with van der Waals surface area (Å²) in [5.41, 5.74) is 1.13. The highest BCUT2D eigenvalue weighted by Crippen LogP contribution is 2.31. The molecular formula is C16H25NO3. The number of hydrogen-bond acceptors (Lipinski definition) is 4. The minimum Gasteiger partial charge on any atom is -0.490 e. The summed E-state index contributed by atoms with van der Waals surface area (Å²) in [6.07, 6.45) is 3.63. The van der Waals surface area contributed by atoms with Gasteiger partial charge in [0.05, 0.1) is 19.3 Å². The second-order valence-electron chi connectivity index (χ2n) is 4.98. The van der Waals surface area contributed by atoms with E-state index in [1.54, 1.807) is 0 Å². The highest BCUT2D eigenvalue weighted by atomic mass is 16.5. The summed E-state index contributed by atoms with van der Waals surface area (Å²) >= 11 is 0. The van der Waals surface area contributed by atoms with Crippen LogP contribution in [0.1, 0.15) is 31.7 Å². The first kappa shape index (κ1) is 15.1. The van der Waals surface area contributed by atoms with Crippen LogP contribution in [0.4, 0.5) is 0 Å². The number of para-hydroxylation sites is 1. The second kappa shape index (κ2) is 8.12. The van der Waals surface area contributed by atoms with E-state index in [-0.39, 0.29) is 0 Å². The Hall–Kier alpha value is -1.26. The summed E-state index contributed by atoms with van der Waals surface area (Å²) in [7, 11) is 1.93. The molecule has 112 valence electrons. The molecule has 1 N–H and O–H groups in total. The number of rotatable bonds is 8. The minimum absolute atomic E-state index is 0.363. The van der Waals surface area contributed by atoms with E-state index in [0.29, 0.717) is 19.3 Å². The van der Waals surface area contributed by atoms with Gasteiger partial charge in [-0.25, -0.2) is 0 Å². The third kappa shape index (κ3) is 4.12. The van der Waals surface area contributed by atoms with Crippen molar-refractivity contribution in [1.82, 2.24) is 5.32 Å². The predicted molar refractivity (Wildman–Crippen MR) is 79.5 cm³/mol. The lowest BCUT2D eigenvalue weighted by Gasteiger charge is -2.17. The molecule has 0 saturated carbocycles. The van der Waals surface area contributed by atoms with Crippen molar-refractivity contribution >= 4 is 0 Å². The highest BCUT2D eigenvalue weighted by molar-refractivity contribution is 5.46. The number of hydrogen-bond donors (Lipinski definition) is 1. The molecule has 1 aliphatic rings. The standard InChI is InChI=1S/C16H25NO3/c1-3-18-15-8-4-6-13(12-17-2)16(15)20-11-9-14-7-5-10-19-14/h4,6,8,14,17H,3,5,7,9-12H2,1-2H3. The number of ether oxygens (including phenoxy) is 3. The van der Waals surface area contributed by atoms with E-state index in [2.05, 4.69) is 11.4 Å². The van der Waals surface area contributed by atoms with Crippen molar-refractivity contribution in [1.29, 1.82) is 0 Å². The summed E-state index contributed by atoms with van der Waals surface area (Å²) in [6.45, 7) is 4.97. The Bertz CT molecular complexity index is 378. The fourth-order valence-corrected chi connectivity index (χ4v) is 2.49. The second-order valence-corrected chi connectivity index (χ2v) is 4.98. The quantitative estimate of drug-likeness (QED) is 0.794. The van der Waals surface area contributed by atoms with Crippen molar-refractivity contribution in [2.75, 3.05) is 26.9 Å². The van der Waals surface area contributed by atoms with E-state index in [4.69, 9.17) is 14.2 Å². The van der Waals surface area contributed by atoms with Crippen molar-refractivity contribution in [2.45, 2.75) is 38.8 Å². The van der Waals surface area contributed by atoms with Crippen LogP contribution in [0.3, 0.4) is 0 Å². The van der Waals surface area contributed by atoms with Crippen LogP contribution in [0, 0.1) is 0 Å². The van der Waals surface area contributed by atoms with Gasteiger partial charge in [-0.2, -0.15) is 0 Å². The molecule has 20 heavy (non-hydrogen) atoms. The first-order chi connectivity index (χ1) is 9.85. The van der Waals surface area contributed by atoms with Gasteiger partial charge in [-0.15, -0.1) is 0 Å². The topological polar surface area (TPSA) is 39.7 Å². The zero-order valence-electron chi connectivity index (χ0n) is 12.5. The first-order valence-corrected chi connectivity index (χ1v) is 7.48. The maximum atomic E-state index is 5.99. The van der Waals surface area contributed by atoms with Crippen LogP contribution < -0.4 is 14.8 Å². The number of nitrogens with one attached hydrogen (secondary N) is 1. The molecular weight excluding hydrogens is 254 g/mol. The van der Waals surface area contributed by atoms with E-state index in [1.807, 2.05) is 26.1 Å². The third-order valence-corrected chi connectivity index (χ3v) is 3.44. The van der Waals surface area contributed by atoms with Crippen molar-refractivity contribution in [3.63, 3.8) is 0 Å². The Morgan fingerprint density at radius 1 is 1.35 bits per heavy atom. The molecule has 1 atom stereocenters. The molecule has 1 fully saturated rings. The molecule has 0 aliphatic carbocycles. The van der Waals surface area contributed by atoms with Gasteiger partial charge in [0.2, 0.25) is 0 Å². The van der Waals surface area contributed by atoms with Gasteiger partial charge in [-0.1, -0.05) is 12.1 Å². The van der Waals surface area contributed by atoms with Crippen molar-refractivity contribution in [3.8, 4) is 11.5 Å². The molecule has 1 heterocycles. The van der Waals surface area contributed by atoms with Crippen LogP contribution in [0.15, 0.2) is 18.2 Å². The minimum atomic E-state index is 0.363. The third-order valence-electron chi connectivity index (χ3n) is 3.44. The van der Waals surface area contributed by atoms with Gasteiger partial charge < -0.3 is 19.5 Å². The van der Waals surface area contributed by atoms with E-state index >= 15 is 0 Å². The zero-order valence-corrected chi connectivity index (χ0v) is 12.5. The number of benzene rings is 1. The van der Waals surface area contributed by atoms with Crippen LogP contribution in [-0.2, 0) is 11.3 Å². The summed E-state index contributed by atoms with van der Waals surface area (Å²) < 4.78 is 17.3. The van der Waals surface area contributed by atoms with E-state index in [9.17, 15) is 0 Å². The van der Waals surface area contributed by atoms with Crippen molar-refractivity contribution in [2.24, 2.45) is 0 Å². The molecule has 0 spiro atoms. The molecule has 0 radical (unpaired) electrons. The maximum Gasteiger partial charge on any atom is 0.165 e. The van der Waals surface area contributed by atoms with E-state index in [1.165, 1.54) is 6.42 Å². The maximum absolute atomic E-state index is 5.99. The van der Waals surface area contributed by atoms with Gasteiger partial charge in [0.15, 0.2) is 11.5 Å². The lowest BCUT2D eigenvalue weighted by molar-refractivity contribution is 0.0896. The van der Waals surface area contributed by atoms with Gasteiger partial charge in [0.25, 0.3) is 0 Å². The molecule has 1 aromatic carbocycles. The van der Waals surface area contributed by atoms with E-state index in [0.717, 1.165) is 43.1 Å². The van der Waals surface area contributed by atoms with Gasteiger partial charge in [0.1, 0.15) is 0 Å². The Morgan fingerprint density at radius 2 is 2.25 bits per heavy atom. The highest BCUT2D eigenvalue weighted by Gasteiger charge is 2.16. The molecule has 1 aromatic rings. The van der Waals surface area contributed by atoms with E-state index < -0.39 is 0 Å². The largest absolute Gasteiger partial charge is 0.490 e. The Balaban J connectivity index is 1.98. The fraction of sp³-hybridized carbons (Fsp3) is 0.625. The fourth-order valence-electron chi connectivity index (χ4n) is 2.49. The lowest BCUT2D eigenvalue weighted by Crippen LogP contribution is -2.13. The van der Waals surface area contributed by atoms with Gasteiger partial charge in [-0.3, -0.25) is 0 Å². The Labute approximate surface area is 121 Å². The molecule has 1 unspecified atom stereocenters. The average Bonchev–Trinajstić information content (AvgIpc) is 2.95. The van der Waals surface area contributed by atoms with Crippen LogP contribution in [0.5, 0.6) is 11.5 Å².